The minimum Gasteiger partial charge on any atom is -0.460 e. The van der Waals surface area contributed by atoms with Crippen LogP contribution in [0.25, 0.3) is 11.4 Å². The van der Waals surface area contributed by atoms with Crippen LogP contribution in [0.1, 0.15) is 35.3 Å². The summed E-state index contributed by atoms with van der Waals surface area (Å²) < 4.78 is 7.12. The SMILES string of the molecule is CC(=O)O[C@H]1Cc2ccccc2[C@@H]1Nc1c(C)nc(-c2cnc(N(C)C)cc2C)n(C)c1=O. The maximum absolute atomic E-state index is 13.4. The minimum atomic E-state index is -0.395. The van der Waals surface area contributed by atoms with Crippen LogP contribution in [0.15, 0.2) is 41.3 Å². The third-order valence-electron chi connectivity index (χ3n) is 6.07. The van der Waals surface area contributed by atoms with Crippen molar-refractivity contribution in [2.45, 2.75) is 39.3 Å². The number of aromatic nitrogens is 3. The fourth-order valence-corrected chi connectivity index (χ4v) is 4.34. The number of nitrogens with one attached hydrogen (secondary N) is 1. The third-order valence-corrected chi connectivity index (χ3v) is 6.07. The van der Waals surface area contributed by atoms with Gasteiger partial charge in [-0.05, 0) is 36.6 Å². The Morgan fingerprint density at radius 2 is 1.97 bits per heavy atom. The Bertz CT molecular complexity index is 1280. The lowest BCUT2D eigenvalue weighted by Crippen LogP contribution is -2.31. The maximum Gasteiger partial charge on any atom is 0.302 e. The molecule has 0 bridgehead atoms. The fourth-order valence-electron chi connectivity index (χ4n) is 4.34. The van der Waals surface area contributed by atoms with E-state index in [1.807, 2.05) is 63.2 Å². The summed E-state index contributed by atoms with van der Waals surface area (Å²) in [5, 5.41) is 3.35. The van der Waals surface area contributed by atoms with Crippen LogP contribution >= 0.6 is 0 Å². The number of hydrogen-bond acceptors (Lipinski definition) is 7. The average Bonchev–Trinajstić information content (AvgIpc) is 3.10. The van der Waals surface area contributed by atoms with E-state index in [2.05, 4.69) is 10.3 Å². The Kier molecular flexibility index (Phi) is 5.93. The van der Waals surface area contributed by atoms with E-state index in [-0.39, 0.29) is 17.6 Å². The van der Waals surface area contributed by atoms with Gasteiger partial charge in [0.2, 0.25) is 0 Å². The standard InChI is InChI=1S/C25H29N5O3/c1-14-11-21(29(4)5)26-13-19(14)24-27-15(2)22(25(32)30(24)6)28-23-18-10-8-7-9-17(18)12-20(23)33-16(3)31/h7-11,13,20,23,28H,12H2,1-6H3/t20-,23-/m0/s1. The summed E-state index contributed by atoms with van der Waals surface area (Å²) in [6, 6.07) is 9.58. The number of hydrogen-bond donors (Lipinski definition) is 1. The summed E-state index contributed by atoms with van der Waals surface area (Å²) in [6.07, 6.45) is 1.96. The van der Waals surface area contributed by atoms with Crippen molar-refractivity contribution in [3.05, 3.63) is 69.3 Å². The normalized spacial score (nSPS) is 16.9. The molecule has 0 amide bonds. The number of rotatable bonds is 5. The van der Waals surface area contributed by atoms with Crippen molar-refractivity contribution in [3.8, 4) is 11.4 Å². The molecule has 1 aliphatic rings. The van der Waals surface area contributed by atoms with Crippen molar-refractivity contribution in [1.29, 1.82) is 0 Å². The molecule has 0 unspecified atom stereocenters. The molecule has 8 nitrogen and oxygen atoms in total. The maximum atomic E-state index is 13.4. The molecule has 0 spiro atoms. The second-order valence-corrected chi connectivity index (χ2v) is 8.68. The molecule has 0 saturated heterocycles. The molecule has 2 heterocycles. The molecule has 1 aromatic carbocycles. The second-order valence-electron chi connectivity index (χ2n) is 8.68. The number of nitrogens with zero attached hydrogens (tertiary/aromatic N) is 4. The largest absolute Gasteiger partial charge is 0.460 e. The van der Waals surface area contributed by atoms with Gasteiger partial charge in [0.15, 0.2) is 0 Å². The van der Waals surface area contributed by atoms with Gasteiger partial charge in [0.05, 0.1) is 11.7 Å². The fraction of sp³-hybridized carbons (Fsp3) is 0.360. The molecule has 8 heteroatoms. The molecule has 0 radical (unpaired) electrons. The first-order chi connectivity index (χ1) is 15.7. The molecule has 1 aliphatic carbocycles. The number of esters is 1. The molecule has 172 valence electrons. The first-order valence-corrected chi connectivity index (χ1v) is 10.9. The van der Waals surface area contributed by atoms with E-state index in [1.165, 1.54) is 11.5 Å². The number of anilines is 2. The van der Waals surface area contributed by atoms with Crippen molar-refractivity contribution in [3.63, 3.8) is 0 Å². The van der Waals surface area contributed by atoms with E-state index in [0.29, 0.717) is 23.6 Å². The lowest BCUT2D eigenvalue weighted by atomic mass is 10.1. The molecule has 2 aromatic heterocycles. The van der Waals surface area contributed by atoms with Crippen LogP contribution in [0.2, 0.25) is 0 Å². The van der Waals surface area contributed by atoms with Crippen LogP contribution in [0.4, 0.5) is 11.5 Å². The van der Waals surface area contributed by atoms with Gasteiger partial charge in [-0.1, -0.05) is 24.3 Å². The lowest BCUT2D eigenvalue weighted by molar-refractivity contribution is -0.146. The van der Waals surface area contributed by atoms with Gasteiger partial charge in [-0.2, -0.15) is 0 Å². The average molecular weight is 448 g/mol. The van der Waals surface area contributed by atoms with Gasteiger partial charge in [0, 0.05) is 46.2 Å². The molecular formula is C25H29N5O3. The van der Waals surface area contributed by atoms with Gasteiger partial charge >= 0.3 is 5.97 Å². The van der Waals surface area contributed by atoms with Crippen molar-refractivity contribution in [1.82, 2.24) is 14.5 Å². The van der Waals surface area contributed by atoms with Crippen molar-refractivity contribution < 1.29 is 9.53 Å². The van der Waals surface area contributed by atoms with Crippen LogP contribution in [-0.2, 0) is 23.0 Å². The van der Waals surface area contributed by atoms with E-state index < -0.39 is 6.10 Å². The first-order valence-electron chi connectivity index (χ1n) is 10.9. The van der Waals surface area contributed by atoms with Crippen molar-refractivity contribution in [2.24, 2.45) is 7.05 Å². The predicted octanol–water partition coefficient (Wildman–Crippen LogP) is 3.17. The number of ether oxygens (including phenoxy) is 1. The van der Waals surface area contributed by atoms with Crippen LogP contribution in [0.3, 0.4) is 0 Å². The number of aryl methyl sites for hydroxylation is 2. The van der Waals surface area contributed by atoms with Gasteiger partial charge in [0.1, 0.15) is 23.4 Å². The van der Waals surface area contributed by atoms with Crippen LogP contribution in [0, 0.1) is 13.8 Å². The highest BCUT2D eigenvalue weighted by atomic mass is 16.5. The highest BCUT2D eigenvalue weighted by molar-refractivity contribution is 5.67. The molecular weight excluding hydrogens is 418 g/mol. The Hall–Kier alpha value is -3.68. The number of benzene rings is 1. The summed E-state index contributed by atoms with van der Waals surface area (Å²) in [5.74, 6) is 1.05. The topological polar surface area (TPSA) is 89.3 Å². The predicted molar refractivity (Wildman–Crippen MR) is 129 cm³/mol. The molecule has 3 aromatic rings. The highest BCUT2D eigenvalue weighted by Gasteiger charge is 2.35. The summed E-state index contributed by atoms with van der Waals surface area (Å²) >= 11 is 0. The summed E-state index contributed by atoms with van der Waals surface area (Å²) in [5.41, 5.74) is 4.69. The van der Waals surface area contributed by atoms with Gasteiger partial charge in [-0.15, -0.1) is 0 Å². The quantitative estimate of drug-likeness (QED) is 0.601. The number of fused-ring (bicyclic) bond motifs is 1. The van der Waals surface area contributed by atoms with Gasteiger partial charge in [0.25, 0.3) is 5.56 Å². The highest BCUT2D eigenvalue weighted by Crippen LogP contribution is 2.36. The smallest absolute Gasteiger partial charge is 0.302 e. The minimum absolute atomic E-state index is 0.195. The van der Waals surface area contributed by atoms with Crippen LogP contribution < -0.4 is 15.8 Å². The summed E-state index contributed by atoms with van der Waals surface area (Å²) in [7, 11) is 5.58. The Morgan fingerprint density at radius 3 is 2.64 bits per heavy atom. The van der Waals surface area contributed by atoms with E-state index in [4.69, 9.17) is 9.72 Å². The third kappa shape index (κ3) is 4.20. The van der Waals surface area contributed by atoms with Gasteiger partial charge in [-0.3, -0.25) is 14.2 Å². The molecule has 0 aliphatic heterocycles. The van der Waals surface area contributed by atoms with Crippen LogP contribution in [0.5, 0.6) is 0 Å². The summed E-state index contributed by atoms with van der Waals surface area (Å²) in [6.45, 7) is 5.20. The Labute approximate surface area is 193 Å². The number of carbonyl (C=O) groups is 1. The van der Waals surface area contributed by atoms with Gasteiger partial charge in [-0.25, -0.2) is 9.97 Å². The first kappa shape index (κ1) is 22.5. The van der Waals surface area contributed by atoms with Crippen LogP contribution in [-0.4, -0.2) is 40.7 Å². The number of carbonyl (C=O) groups excluding carboxylic acids is 1. The van der Waals surface area contributed by atoms with E-state index >= 15 is 0 Å². The molecule has 0 fully saturated rings. The Balaban J connectivity index is 1.74. The second kappa shape index (κ2) is 8.69. The molecule has 0 saturated carbocycles. The zero-order valence-corrected chi connectivity index (χ0v) is 19.8. The van der Waals surface area contributed by atoms with E-state index in [9.17, 15) is 9.59 Å². The summed E-state index contributed by atoms with van der Waals surface area (Å²) in [4.78, 5) is 36.3. The molecule has 1 N–H and O–H groups in total. The molecule has 4 rings (SSSR count). The van der Waals surface area contributed by atoms with E-state index in [0.717, 1.165) is 28.1 Å². The van der Waals surface area contributed by atoms with E-state index in [1.54, 1.807) is 13.2 Å². The van der Waals surface area contributed by atoms with Crippen molar-refractivity contribution >= 4 is 17.5 Å². The van der Waals surface area contributed by atoms with Gasteiger partial charge < -0.3 is 15.0 Å². The Morgan fingerprint density at radius 1 is 1.24 bits per heavy atom. The molecule has 2 atom stereocenters. The monoisotopic (exact) mass is 447 g/mol. The zero-order chi connectivity index (χ0) is 23.9. The zero-order valence-electron chi connectivity index (χ0n) is 19.8. The van der Waals surface area contributed by atoms with Crippen molar-refractivity contribution in [2.75, 3.05) is 24.3 Å². The lowest BCUT2D eigenvalue weighted by Gasteiger charge is -2.24. The molecule has 33 heavy (non-hydrogen) atoms. The number of pyridine rings is 1.